The number of hydrogen-bond donors (Lipinski definition) is 1. The minimum atomic E-state index is 0.271. The zero-order valence-corrected chi connectivity index (χ0v) is 9.63. The van der Waals surface area contributed by atoms with Gasteiger partial charge in [-0.05, 0) is 29.8 Å². The minimum absolute atomic E-state index is 0.271. The molecule has 0 spiro atoms. The lowest BCUT2D eigenvalue weighted by Gasteiger charge is -2.07. The predicted molar refractivity (Wildman–Crippen MR) is 65.5 cm³/mol. The Bertz CT molecular complexity index is 572. The fourth-order valence-electron chi connectivity index (χ4n) is 1.71. The molecule has 18 heavy (non-hydrogen) atoms. The molecule has 5 heteroatoms. The molecule has 0 amide bonds. The van der Waals surface area contributed by atoms with Crippen LogP contribution in [-0.4, -0.2) is 11.8 Å². The second-order valence-corrected chi connectivity index (χ2v) is 3.87. The number of rotatable bonds is 3. The van der Waals surface area contributed by atoms with E-state index in [1.165, 1.54) is 0 Å². The summed E-state index contributed by atoms with van der Waals surface area (Å²) < 4.78 is 16.1. The molecule has 0 saturated carbocycles. The van der Waals surface area contributed by atoms with Gasteiger partial charge >= 0.3 is 0 Å². The van der Waals surface area contributed by atoms with Gasteiger partial charge < -0.3 is 19.9 Å². The van der Waals surface area contributed by atoms with E-state index < -0.39 is 0 Å². The molecular weight excluding hydrogens is 232 g/mol. The van der Waals surface area contributed by atoms with E-state index in [1.54, 1.807) is 18.3 Å². The lowest BCUT2D eigenvalue weighted by molar-refractivity contribution is 0.174. The van der Waals surface area contributed by atoms with Gasteiger partial charge in [-0.15, -0.1) is 0 Å². The Kier molecular flexibility index (Phi) is 2.64. The van der Waals surface area contributed by atoms with E-state index in [0.717, 1.165) is 17.1 Å². The highest BCUT2D eigenvalue weighted by molar-refractivity contribution is 5.47. The van der Waals surface area contributed by atoms with Crippen LogP contribution in [0.5, 0.6) is 17.4 Å². The van der Waals surface area contributed by atoms with Gasteiger partial charge in [0.05, 0.1) is 5.69 Å². The van der Waals surface area contributed by atoms with Crippen molar-refractivity contribution in [2.45, 2.75) is 6.61 Å². The molecule has 0 fully saturated rings. The number of ether oxygens (including phenoxy) is 3. The first-order valence-electron chi connectivity index (χ1n) is 5.55. The van der Waals surface area contributed by atoms with E-state index >= 15 is 0 Å². The maximum Gasteiger partial charge on any atom is 0.237 e. The van der Waals surface area contributed by atoms with Crippen LogP contribution in [0.2, 0.25) is 0 Å². The molecule has 1 aromatic heterocycles. The standard InChI is InChI=1S/C13H12N2O3/c14-10-2-1-5-15-13(10)16-7-9-3-4-11-12(6-9)18-8-17-11/h1-6H,7-8,14H2. The Balaban J connectivity index is 1.72. The zero-order valence-electron chi connectivity index (χ0n) is 9.63. The zero-order chi connectivity index (χ0) is 12.4. The number of anilines is 1. The van der Waals surface area contributed by atoms with Gasteiger partial charge in [0.15, 0.2) is 11.5 Å². The summed E-state index contributed by atoms with van der Waals surface area (Å²) in [6.45, 7) is 0.657. The van der Waals surface area contributed by atoms with Crippen LogP contribution in [0.4, 0.5) is 5.69 Å². The summed E-state index contributed by atoms with van der Waals surface area (Å²) in [5, 5.41) is 0. The van der Waals surface area contributed by atoms with Crippen molar-refractivity contribution in [1.29, 1.82) is 0 Å². The molecule has 5 nitrogen and oxygen atoms in total. The van der Waals surface area contributed by atoms with Crippen molar-refractivity contribution in [3.8, 4) is 17.4 Å². The molecule has 0 saturated heterocycles. The molecule has 3 rings (SSSR count). The lowest BCUT2D eigenvalue weighted by Crippen LogP contribution is -2.00. The summed E-state index contributed by atoms with van der Waals surface area (Å²) in [6.07, 6.45) is 1.64. The van der Waals surface area contributed by atoms with Crippen LogP contribution in [0.3, 0.4) is 0 Å². The molecule has 0 radical (unpaired) electrons. The Morgan fingerprint density at radius 3 is 3.00 bits per heavy atom. The number of aromatic nitrogens is 1. The largest absolute Gasteiger partial charge is 0.471 e. The van der Waals surface area contributed by atoms with Crippen molar-refractivity contribution >= 4 is 5.69 Å². The molecule has 0 atom stereocenters. The highest BCUT2D eigenvalue weighted by atomic mass is 16.7. The first-order chi connectivity index (χ1) is 8.83. The van der Waals surface area contributed by atoms with Gasteiger partial charge in [-0.2, -0.15) is 0 Å². The molecular formula is C13H12N2O3. The van der Waals surface area contributed by atoms with Crippen LogP contribution in [0, 0.1) is 0 Å². The summed E-state index contributed by atoms with van der Waals surface area (Å²) in [5.74, 6) is 1.94. The second-order valence-electron chi connectivity index (χ2n) is 3.87. The maximum atomic E-state index is 5.74. The number of hydrogen-bond acceptors (Lipinski definition) is 5. The molecule has 0 bridgehead atoms. The van der Waals surface area contributed by atoms with Crippen molar-refractivity contribution < 1.29 is 14.2 Å². The Labute approximate surface area is 104 Å². The number of nitrogens with two attached hydrogens (primary N) is 1. The van der Waals surface area contributed by atoms with E-state index in [0.29, 0.717) is 18.2 Å². The van der Waals surface area contributed by atoms with Crippen molar-refractivity contribution in [2.24, 2.45) is 0 Å². The summed E-state index contributed by atoms with van der Waals surface area (Å²) in [7, 11) is 0. The van der Waals surface area contributed by atoms with Crippen LogP contribution >= 0.6 is 0 Å². The highest BCUT2D eigenvalue weighted by Gasteiger charge is 2.13. The second kappa shape index (κ2) is 4.44. The molecule has 2 aromatic rings. The minimum Gasteiger partial charge on any atom is -0.471 e. The molecule has 1 aromatic carbocycles. The third-order valence-electron chi connectivity index (χ3n) is 2.61. The maximum absolute atomic E-state index is 5.74. The third kappa shape index (κ3) is 2.02. The molecule has 0 unspecified atom stereocenters. The average Bonchev–Trinajstić information content (AvgIpc) is 2.85. The normalized spacial score (nSPS) is 12.4. The Morgan fingerprint density at radius 2 is 2.11 bits per heavy atom. The van der Waals surface area contributed by atoms with Crippen molar-refractivity contribution in [2.75, 3.05) is 12.5 Å². The van der Waals surface area contributed by atoms with Gasteiger partial charge in [0, 0.05) is 6.20 Å². The predicted octanol–water partition coefficient (Wildman–Crippen LogP) is 1.97. The Morgan fingerprint density at radius 1 is 1.22 bits per heavy atom. The number of benzene rings is 1. The van der Waals surface area contributed by atoms with Gasteiger partial charge in [-0.25, -0.2) is 4.98 Å². The average molecular weight is 244 g/mol. The van der Waals surface area contributed by atoms with E-state index in [4.69, 9.17) is 19.9 Å². The number of pyridine rings is 1. The van der Waals surface area contributed by atoms with Crippen molar-refractivity contribution in [1.82, 2.24) is 4.98 Å². The van der Waals surface area contributed by atoms with Crippen LogP contribution < -0.4 is 19.9 Å². The quantitative estimate of drug-likeness (QED) is 0.894. The highest BCUT2D eigenvalue weighted by Crippen LogP contribution is 2.32. The van der Waals surface area contributed by atoms with Gasteiger partial charge in [-0.1, -0.05) is 6.07 Å². The lowest BCUT2D eigenvalue weighted by atomic mass is 10.2. The monoisotopic (exact) mass is 244 g/mol. The third-order valence-corrected chi connectivity index (χ3v) is 2.61. The van der Waals surface area contributed by atoms with Gasteiger partial charge in [0.1, 0.15) is 6.61 Å². The van der Waals surface area contributed by atoms with Crippen LogP contribution in [0.1, 0.15) is 5.56 Å². The van der Waals surface area contributed by atoms with E-state index in [1.807, 2.05) is 18.2 Å². The topological polar surface area (TPSA) is 66.6 Å². The molecule has 2 N–H and O–H groups in total. The van der Waals surface area contributed by atoms with E-state index in [9.17, 15) is 0 Å². The first-order valence-corrected chi connectivity index (χ1v) is 5.55. The SMILES string of the molecule is Nc1cccnc1OCc1ccc2c(c1)OCO2. The van der Waals surface area contributed by atoms with Crippen molar-refractivity contribution in [3.05, 3.63) is 42.1 Å². The van der Waals surface area contributed by atoms with E-state index in [-0.39, 0.29) is 6.79 Å². The fraction of sp³-hybridized carbons (Fsp3) is 0.154. The van der Waals surface area contributed by atoms with Crippen LogP contribution in [0.25, 0.3) is 0 Å². The Hall–Kier alpha value is -2.43. The van der Waals surface area contributed by atoms with Crippen LogP contribution in [-0.2, 0) is 6.61 Å². The molecule has 1 aliphatic heterocycles. The fourth-order valence-corrected chi connectivity index (χ4v) is 1.71. The summed E-state index contributed by atoms with van der Waals surface area (Å²) in [6, 6.07) is 9.20. The molecule has 1 aliphatic rings. The molecule has 92 valence electrons. The van der Waals surface area contributed by atoms with Gasteiger partial charge in [0.2, 0.25) is 12.7 Å². The van der Waals surface area contributed by atoms with Gasteiger partial charge in [0.25, 0.3) is 0 Å². The summed E-state index contributed by atoms with van der Waals surface area (Å²) in [4.78, 5) is 4.06. The van der Waals surface area contributed by atoms with Crippen LogP contribution in [0.15, 0.2) is 36.5 Å². The molecule has 2 heterocycles. The number of nitrogens with zero attached hydrogens (tertiary/aromatic N) is 1. The van der Waals surface area contributed by atoms with Gasteiger partial charge in [-0.3, -0.25) is 0 Å². The van der Waals surface area contributed by atoms with Crippen molar-refractivity contribution in [3.63, 3.8) is 0 Å². The summed E-state index contributed by atoms with van der Waals surface area (Å²) >= 11 is 0. The number of fused-ring (bicyclic) bond motifs is 1. The summed E-state index contributed by atoms with van der Waals surface area (Å²) in [5.41, 5.74) is 7.25. The number of nitrogen functional groups attached to an aromatic ring is 1. The smallest absolute Gasteiger partial charge is 0.237 e. The van der Waals surface area contributed by atoms with E-state index in [2.05, 4.69) is 4.98 Å². The first kappa shape index (κ1) is 10.7. The molecule has 0 aliphatic carbocycles.